The molecule has 0 aliphatic heterocycles. The number of carboxylic acid groups (broad SMARTS) is 1. The molecule has 0 aromatic rings. The Bertz CT molecular complexity index is 307. The lowest BCUT2D eigenvalue weighted by Crippen LogP contribution is -1.98. The summed E-state index contributed by atoms with van der Waals surface area (Å²) in [6, 6.07) is 0. The van der Waals surface area contributed by atoms with Gasteiger partial charge in [0.2, 0.25) is 0 Å². The Morgan fingerprint density at radius 2 is 2.00 bits per heavy atom. The maximum Gasteiger partial charge on any atom is 0.303 e. The summed E-state index contributed by atoms with van der Waals surface area (Å²) < 4.78 is 5.43. The molecular formula is C14H22O4. The minimum atomic E-state index is -0.723. The van der Waals surface area contributed by atoms with Gasteiger partial charge in [0, 0.05) is 19.4 Å². The molecule has 0 radical (unpaired) electrons. The summed E-state index contributed by atoms with van der Waals surface area (Å²) in [7, 11) is 0. The highest BCUT2D eigenvalue weighted by Gasteiger charge is 2.15. The Kier molecular flexibility index (Phi) is 7.34. The van der Waals surface area contributed by atoms with Gasteiger partial charge in [-0.05, 0) is 31.3 Å². The van der Waals surface area contributed by atoms with Gasteiger partial charge in [-0.1, -0.05) is 18.9 Å². The highest BCUT2D eigenvalue weighted by atomic mass is 16.5. The van der Waals surface area contributed by atoms with Gasteiger partial charge in [-0.15, -0.1) is 0 Å². The molecule has 0 aromatic carbocycles. The SMILES string of the molecule is O=C(O)CCCCCCOC/C=C1/CCCC1=O. The standard InChI is InChI=1S/C14H22O4/c15-13-7-5-6-12(13)9-11-18-10-4-2-1-3-8-14(16)17/h9H,1-8,10-11H2,(H,16,17)/b12-9-. The maximum absolute atomic E-state index is 11.3. The molecule has 0 heterocycles. The first kappa shape index (κ1) is 14.9. The lowest BCUT2D eigenvalue weighted by molar-refractivity contribution is -0.137. The quantitative estimate of drug-likeness (QED) is 0.507. The van der Waals surface area contributed by atoms with E-state index in [0.717, 1.165) is 44.1 Å². The zero-order valence-corrected chi connectivity index (χ0v) is 10.8. The van der Waals surface area contributed by atoms with E-state index in [4.69, 9.17) is 9.84 Å². The topological polar surface area (TPSA) is 63.6 Å². The van der Waals surface area contributed by atoms with Crippen LogP contribution < -0.4 is 0 Å². The Morgan fingerprint density at radius 3 is 2.67 bits per heavy atom. The van der Waals surface area contributed by atoms with Crippen molar-refractivity contribution in [2.75, 3.05) is 13.2 Å². The average molecular weight is 254 g/mol. The van der Waals surface area contributed by atoms with E-state index in [1.165, 1.54) is 0 Å². The zero-order chi connectivity index (χ0) is 13.2. The molecule has 1 rings (SSSR count). The number of ketones is 1. The molecule has 0 aromatic heterocycles. The summed E-state index contributed by atoms with van der Waals surface area (Å²) in [6.45, 7) is 1.21. The highest BCUT2D eigenvalue weighted by molar-refractivity contribution is 5.97. The molecule has 18 heavy (non-hydrogen) atoms. The van der Waals surface area contributed by atoms with E-state index in [1.54, 1.807) is 0 Å². The average Bonchev–Trinajstić information content (AvgIpc) is 2.72. The van der Waals surface area contributed by atoms with E-state index in [1.807, 2.05) is 6.08 Å². The number of ether oxygens (including phenoxy) is 1. The van der Waals surface area contributed by atoms with E-state index in [-0.39, 0.29) is 12.2 Å². The van der Waals surface area contributed by atoms with Crippen LogP contribution in [0.4, 0.5) is 0 Å². The Hall–Kier alpha value is -1.16. The second-order valence-corrected chi connectivity index (χ2v) is 4.64. The number of allylic oxidation sites excluding steroid dienone is 1. The summed E-state index contributed by atoms with van der Waals surface area (Å²) in [5.74, 6) is -0.452. The van der Waals surface area contributed by atoms with E-state index in [0.29, 0.717) is 19.6 Å². The second kappa shape index (κ2) is 8.86. The molecule has 1 N–H and O–H groups in total. The molecule has 1 saturated carbocycles. The molecule has 0 unspecified atom stereocenters. The van der Waals surface area contributed by atoms with Gasteiger partial charge in [0.25, 0.3) is 0 Å². The van der Waals surface area contributed by atoms with Gasteiger partial charge in [-0.25, -0.2) is 0 Å². The first-order valence-corrected chi connectivity index (χ1v) is 6.72. The van der Waals surface area contributed by atoms with Gasteiger partial charge < -0.3 is 9.84 Å². The zero-order valence-electron chi connectivity index (χ0n) is 10.8. The Labute approximate surface area is 108 Å². The molecule has 0 atom stereocenters. The number of unbranched alkanes of at least 4 members (excludes halogenated alkanes) is 3. The second-order valence-electron chi connectivity index (χ2n) is 4.64. The number of Topliss-reactive ketones (excluding diaryl/α,β-unsaturated/α-hetero) is 1. The summed E-state index contributed by atoms with van der Waals surface area (Å²) in [5, 5.41) is 8.45. The van der Waals surface area contributed by atoms with Crippen LogP contribution in [-0.4, -0.2) is 30.1 Å². The molecule has 1 aliphatic rings. The fourth-order valence-corrected chi connectivity index (χ4v) is 2.03. The van der Waals surface area contributed by atoms with Crippen molar-refractivity contribution in [1.82, 2.24) is 0 Å². The Morgan fingerprint density at radius 1 is 1.22 bits per heavy atom. The number of carbonyl (C=O) groups excluding carboxylic acids is 1. The van der Waals surface area contributed by atoms with Gasteiger partial charge in [0.15, 0.2) is 5.78 Å². The van der Waals surface area contributed by atoms with Crippen LogP contribution in [0.1, 0.15) is 51.4 Å². The van der Waals surface area contributed by atoms with Crippen molar-refractivity contribution in [3.63, 3.8) is 0 Å². The number of hydrogen-bond acceptors (Lipinski definition) is 3. The molecule has 0 bridgehead atoms. The lowest BCUT2D eigenvalue weighted by Gasteiger charge is -2.02. The predicted octanol–water partition coefficient (Wildman–Crippen LogP) is 2.72. The summed E-state index contributed by atoms with van der Waals surface area (Å²) in [5.41, 5.74) is 0.927. The maximum atomic E-state index is 11.3. The van der Waals surface area contributed by atoms with Crippen LogP contribution in [0, 0.1) is 0 Å². The third kappa shape index (κ3) is 6.55. The smallest absolute Gasteiger partial charge is 0.303 e. The van der Waals surface area contributed by atoms with Crippen molar-refractivity contribution in [2.45, 2.75) is 51.4 Å². The number of hydrogen-bond donors (Lipinski definition) is 1. The first-order chi connectivity index (χ1) is 8.70. The van der Waals surface area contributed by atoms with E-state index >= 15 is 0 Å². The van der Waals surface area contributed by atoms with E-state index in [2.05, 4.69) is 0 Å². The van der Waals surface area contributed by atoms with E-state index in [9.17, 15) is 9.59 Å². The molecule has 4 heteroatoms. The van der Waals surface area contributed by atoms with Crippen LogP contribution in [0.25, 0.3) is 0 Å². The molecule has 1 fully saturated rings. The molecule has 102 valence electrons. The van der Waals surface area contributed by atoms with E-state index < -0.39 is 5.97 Å². The normalized spacial score (nSPS) is 17.6. The summed E-state index contributed by atoms with van der Waals surface area (Å²) in [4.78, 5) is 21.6. The molecule has 0 amide bonds. The van der Waals surface area contributed by atoms with Crippen molar-refractivity contribution in [3.05, 3.63) is 11.6 Å². The van der Waals surface area contributed by atoms with Crippen LogP contribution in [0.2, 0.25) is 0 Å². The monoisotopic (exact) mass is 254 g/mol. The third-order valence-corrected chi connectivity index (χ3v) is 3.09. The number of rotatable bonds is 9. The van der Waals surface area contributed by atoms with Crippen LogP contribution in [0.15, 0.2) is 11.6 Å². The van der Waals surface area contributed by atoms with Crippen molar-refractivity contribution in [3.8, 4) is 0 Å². The van der Waals surface area contributed by atoms with Crippen LogP contribution in [0.3, 0.4) is 0 Å². The van der Waals surface area contributed by atoms with Gasteiger partial charge in [0.1, 0.15) is 0 Å². The van der Waals surface area contributed by atoms with Gasteiger partial charge in [-0.2, -0.15) is 0 Å². The number of aliphatic carboxylic acids is 1. The summed E-state index contributed by atoms with van der Waals surface area (Å²) >= 11 is 0. The first-order valence-electron chi connectivity index (χ1n) is 6.72. The number of carboxylic acids is 1. The predicted molar refractivity (Wildman–Crippen MR) is 68.5 cm³/mol. The van der Waals surface area contributed by atoms with Crippen molar-refractivity contribution in [2.24, 2.45) is 0 Å². The van der Waals surface area contributed by atoms with Gasteiger partial charge in [0.05, 0.1) is 6.61 Å². The van der Waals surface area contributed by atoms with Crippen molar-refractivity contribution < 1.29 is 19.4 Å². The molecule has 0 spiro atoms. The van der Waals surface area contributed by atoms with Crippen molar-refractivity contribution >= 4 is 11.8 Å². The molecule has 0 saturated heterocycles. The highest BCUT2D eigenvalue weighted by Crippen LogP contribution is 2.19. The van der Waals surface area contributed by atoms with Gasteiger partial charge >= 0.3 is 5.97 Å². The minimum absolute atomic E-state index is 0.259. The van der Waals surface area contributed by atoms with Crippen molar-refractivity contribution in [1.29, 1.82) is 0 Å². The lowest BCUT2D eigenvalue weighted by atomic mass is 10.1. The fraction of sp³-hybridized carbons (Fsp3) is 0.714. The van der Waals surface area contributed by atoms with Crippen LogP contribution >= 0.6 is 0 Å². The minimum Gasteiger partial charge on any atom is -0.481 e. The summed E-state index contributed by atoms with van der Waals surface area (Å²) in [6.07, 6.45) is 8.37. The van der Waals surface area contributed by atoms with Gasteiger partial charge in [-0.3, -0.25) is 9.59 Å². The third-order valence-electron chi connectivity index (χ3n) is 3.09. The number of carbonyl (C=O) groups is 2. The van der Waals surface area contributed by atoms with Crippen LogP contribution in [0.5, 0.6) is 0 Å². The Balaban J connectivity index is 1.90. The molecule has 4 nitrogen and oxygen atoms in total. The fourth-order valence-electron chi connectivity index (χ4n) is 2.03. The largest absolute Gasteiger partial charge is 0.481 e. The molecular weight excluding hydrogens is 232 g/mol. The van der Waals surface area contributed by atoms with Crippen LogP contribution in [-0.2, 0) is 14.3 Å². The molecule has 1 aliphatic carbocycles.